The number of nitriles is 1. The van der Waals surface area contributed by atoms with Gasteiger partial charge in [-0.1, -0.05) is 31.2 Å². The molecule has 1 heterocycles. The smallest absolute Gasteiger partial charge is 0.294 e. The summed E-state index contributed by atoms with van der Waals surface area (Å²) in [4.78, 5) is 26.7. The van der Waals surface area contributed by atoms with E-state index in [0.717, 1.165) is 11.1 Å². The molecule has 1 atom stereocenters. The fourth-order valence-electron chi connectivity index (χ4n) is 3.23. The lowest BCUT2D eigenvalue weighted by Crippen LogP contribution is -2.31. The van der Waals surface area contributed by atoms with Gasteiger partial charge in [0.2, 0.25) is 0 Å². The number of anilines is 1. The molecule has 0 saturated heterocycles. The maximum Gasteiger partial charge on any atom is 0.294 e. The van der Waals surface area contributed by atoms with E-state index in [0.29, 0.717) is 11.3 Å². The molecule has 130 valence electrons. The number of amides is 1. The first-order valence-corrected chi connectivity index (χ1v) is 8.35. The second-order valence-corrected chi connectivity index (χ2v) is 6.13. The topological polar surface area (TPSA) is 81.4 Å². The molecule has 1 aliphatic rings. The average molecular weight is 346 g/mol. The van der Waals surface area contributed by atoms with Gasteiger partial charge in [-0.25, -0.2) is 0 Å². The maximum atomic E-state index is 12.8. The lowest BCUT2D eigenvalue weighted by Gasteiger charge is -2.28. The minimum Gasteiger partial charge on any atom is -0.503 e. The number of benzene rings is 2. The van der Waals surface area contributed by atoms with E-state index in [-0.39, 0.29) is 17.8 Å². The van der Waals surface area contributed by atoms with Crippen LogP contribution in [0.1, 0.15) is 36.1 Å². The fourth-order valence-corrected chi connectivity index (χ4v) is 3.23. The summed E-state index contributed by atoms with van der Waals surface area (Å²) in [7, 11) is 0. The Morgan fingerprint density at radius 3 is 2.42 bits per heavy atom. The number of hydrogen-bond acceptors (Lipinski definition) is 4. The molecule has 26 heavy (non-hydrogen) atoms. The molecule has 0 aliphatic carbocycles. The van der Waals surface area contributed by atoms with Crippen molar-refractivity contribution in [3.8, 4) is 6.07 Å². The van der Waals surface area contributed by atoms with Gasteiger partial charge < -0.3 is 5.11 Å². The third-order valence-electron chi connectivity index (χ3n) is 4.59. The monoisotopic (exact) mass is 346 g/mol. The van der Waals surface area contributed by atoms with Gasteiger partial charge >= 0.3 is 0 Å². The van der Waals surface area contributed by atoms with Crippen molar-refractivity contribution in [2.45, 2.75) is 26.3 Å². The van der Waals surface area contributed by atoms with Crippen molar-refractivity contribution in [1.29, 1.82) is 5.26 Å². The summed E-state index contributed by atoms with van der Waals surface area (Å²) in [5, 5.41) is 19.4. The standard InChI is InChI=1S/C21H18N2O3/c1-3-17(24)18-19(16-7-5-4-6-13(16)2)23(21(26)20(18)25)15-10-8-14(12-22)9-11-15/h4-11,19,25H,3H2,1-2H3. The van der Waals surface area contributed by atoms with Crippen LogP contribution in [0, 0.1) is 18.3 Å². The molecular weight excluding hydrogens is 328 g/mol. The predicted octanol–water partition coefficient (Wildman–Crippen LogP) is 3.75. The quantitative estimate of drug-likeness (QED) is 0.914. The zero-order valence-corrected chi connectivity index (χ0v) is 14.6. The van der Waals surface area contributed by atoms with Crippen LogP contribution in [0.4, 0.5) is 5.69 Å². The van der Waals surface area contributed by atoms with Crippen molar-refractivity contribution < 1.29 is 14.7 Å². The first-order chi connectivity index (χ1) is 12.5. The summed E-state index contributed by atoms with van der Waals surface area (Å²) >= 11 is 0. The van der Waals surface area contributed by atoms with Gasteiger partial charge in [-0.05, 0) is 42.3 Å². The molecule has 2 aromatic rings. The predicted molar refractivity (Wildman–Crippen MR) is 97.5 cm³/mol. The van der Waals surface area contributed by atoms with Gasteiger partial charge in [-0.3, -0.25) is 14.5 Å². The Kier molecular flexibility index (Phi) is 4.59. The second-order valence-electron chi connectivity index (χ2n) is 6.13. The number of rotatable bonds is 4. The van der Waals surface area contributed by atoms with E-state index in [1.165, 1.54) is 4.90 Å². The molecule has 1 amide bonds. The van der Waals surface area contributed by atoms with Gasteiger partial charge in [0, 0.05) is 12.1 Å². The van der Waals surface area contributed by atoms with E-state index < -0.39 is 17.7 Å². The van der Waals surface area contributed by atoms with Crippen molar-refractivity contribution in [2.75, 3.05) is 4.90 Å². The first kappa shape index (κ1) is 17.4. The second kappa shape index (κ2) is 6.85. The van der Waals surface area contributed by atoms with Crippen LogP contribution in [-0.4, -0.2) is 16.8 Å². The number of Topliss-reactive ketones (excluding diaryl/α,β-unsaturated/α-hetero) is 1. The van der Waals surface area contributed by atoms with Crippen molar-refractivity contribution in [1.82, 2.24) is 0 Å². The molecule has 0 spiro atoms. The Hall–Kier alpha value is -3.39. The number of aliphatic hydroxyl groups is 1. The van der Waals surface area contributed by atoms with E-state index in [1.807, 2.05) is 37.3 Å². The molecule has 5 heteroatoms. The summed E-state index contributed by atoms with van der Waals surface area (Å²) < 4.78 is 0. The van der Waals surface area contributed by atoms with Gasteiger partial charge in [0.1, 0.15) is 0 Å². The molecule has 3 rings (SSSR count). The van der Waals surface area contributed by atoms with E-state index in [2.05, 4.69) is 0 Å². The van der Waals surface area contributed by atoms with Crippen LogP contribution < -0.4 is 4.90 Å². The highest BCUT2D eigenvalue weighted by Crippen LogP contribution is 2.42. The zero-order chi connectivity index (χ0) is 18.8. The van der Waals surface area contributed by atoms with Crippen LogP contribution in [0.5, 0.6) is 0 Å². The number of hydrogen-bond donors (Lipinski definition) is 1. The van der Waals surface area contributed by atoms with Crippen LogP contribution in [0.15, 0.2) is 59.9 Å². The Morgan fingerprint density at radius 1 is 1.19 bits per heavy atom. The number of aliphatic hydroxyl groups excluding tert-OH is 1. The molecular formula is C21H18N2O3. The molecule has 0 fully saturated rings. The van der Waals surface area contributed by atoms with Crippen LogP contribution in [0.3, 0.4) is 0 Å². The van der Waals surface area contributed by atoms with Gasteiger partial charge in [-0.15, -0.1) is 0 Å². The molecule has 1 N–H and O–H groups in total. The summed E-state index contributed by atoms with van der Waals surface area (Å²) in [5.41, 5.74) is 2.81. The largest absolute Gasteiger partial charge is 0.503 e. The van der Waals surface area contributed by atoms with E-state index in [9.17, 15) is 14.7 Å². The Bertz CT molecular complexity index is 952. The number of aryl methyl sites for hydroxylation is 1. The lowest BCUT2D eigenvalue weighted by molar-refractivity contribution is -0.118. The van der Waals surface area contributed by atoms with Crippen molar-refractivity contribution in [3.63, 3.8) is 0 Å². The number of carbonyl (C=O) groups excluding carboxylic acids is 2. The highest BCUT2D eigenvalue weighted by molar-refractivity contribution is 6.16. The molecule has 5 nitrogen and oxygen atoms in total. The van der Waals surface area contributed by atoms with E-state index in [4.69, 9.17) is 5.26 Å². The van der Waals surface area contributed by atoms with Crippen molar-refractivity contribution in [3.05, 3.63) is 76.6 Å². The minimum absolute atomic E-state index is 0.121. The molecule has 0 bridgehead atoms. The molecule has 0 aromatic heterocycles. The van der Waals surface area contributed by atoms with E-state index in [1.54, 1.807) is 31.2 Å². The Labute approximate surface area is 151 Å². The van der Waals surface area contributed by atoms with Crippen LogP contribution in [-0.2, 0) is 9.59 Å². The van der Waals surface area contributed by atoms with Gasteiger partial charge in [0.05, 0.1) is 23.2 Å². The summed E-state index contributed by atoms with van der Waals surface area (Å²) in [6, 6.07) is 15.3. The molecule has 0 saturated carbocycles. The molecule has 1 unspecified atom stereocenters. The fraction of sp³-hybridized carbons (Fsp3) is 0.190. The highest BCUT2D eigenvalue weighted by Gasteiger charge is 2.44. The minimum atomic E-state index is -0.691. The zero-order valence-electron chi connectivity index (χ0n) is 14.6. The van der Waals surface area contributed by atoms with Gasteiger partial charge in [0.25, 0.3) is 5.91 Å². The van der Waals surface area contributed by atoms with Crippen LogP contribution in [0.2, 0.25) is 0 Å². The van der Waals surface area contributed by atoms with Crippen LogP contribution >= 0.6 is 0 Å². The third kappa shape index (κ3) is 2.76. The SMILES string of the molecule is CCC(=O)C1=C(O)C(=O)N(c2ccc(C#N)cc2)C1c1ccccc1C. The molecule has 0 radical (unpaired) electrons. The number of ketones is 1. The average Bonchev–Trinajstić information content (AvgIpc) is 2.92. The highest BCUT2D eigenvalue weighted by atomic mass is 16.3. The third-order valence-corrected chi connectivity index (χ3v) is 4.59. The van der Waals surface area contributed by atoms with E-state index >= 15 is 0 Å². The van der Waals surface area contributed by atoms with Crippen molar-refractivity contribution in [2.24, 2.45) is 0 Å². The Morgan fingerprint density at radius 2 is 1.85 bits per heavy atom. The van der Waals surface area contributed by atoms with Crippen LogP contribution in [0.25, 0.3) is 0 Å². The molecule has 2 aromatic carbocycles. The lowest BCUT2D eigenvalue weighted by atomic mass is 9.92. The summed E-state index contributed by atoms with van der Waals surface area (Å²) in [6.07, 6.45) is 0.191. The molecule has 1 aliphatic heterocycles. The normalized spacial score (nSPS) is 16.7. The maximum absolute atomic E-state index is 12.8. The van der Waals surface area contributed by atoms with Gasteiger partial charge in [-0.2, -0.15) is 5.26 Å². The first-order valence-electron chi connectivity index (χ1n) is 8.35. The summed E-state index contributed by atoms with van der Waals surface area (Å²) in [6.45, 7) is 3.60. The Balaban J connectivity index is 2.19. The van der Waals surface area contributed by atoms with Crippen molar-refractivity contribution >= 4 is 17.4 Å². The summed E-state index contributed by atoms with van der Waals surface area (Å²) in [5.74, 6) is -1.38. The number of nitrogens with zero attached hydrogens (tertiary/aromatic N) is 2. The van der Waals surface area contributed by atoms with Gasteiger partial charge in [0.15, 0.2) is 11.5 Å². The number of carbonyl (C=O) groups is 2.